The lowest BCUT2D eigenvalue weighted by atomic mass is 10.0. The third-order valence-electron chi connectivity index (χ3n) is 6.13. The molecule has 0 spiro atoms. The predicted molar refractivity (Wildman–Crippen MR) is 129 cm³/mol. The van der Waals surface area contributed by atoms with Gasteiger partial charge in [-0.15, -0.1) is 0 Å². The Morgan fingerprint density at radius 1 is 1.15 bits per heavy atom. The maximum atomic E-state index is 13.5. The third-order valence-corrected chi connectivity index (χ3v) is 6.13. The monoisotopic (exact) mass is 456 g/mol. The van der Waals surface area contributed by atoms with Gasteiger partial charge in [0.2, 0.25) is 0 Å². The van der Waals surface area contributed by atoms with Crippen LogP contribution in [-0.4, -0.2) is 32.2 Å². The van der Waals surface area contributed by atoms with Crippen LogP contribution < -0.4 is 0 Å². The lowest BCUT2D eigenvalue weighted by molar-refractivity contribution is 0.0589. The van der Waals surface area contributed by atoms with Crippen molar-refractivity contribution in [2.45, 2.75) is 33.2 Å². The first-order chi connectivity index (χ1) is 16.4. The van der Waals surface area contributed by atoms with Crippen molar-refractivity contribution in [3.8, 4) is 16.9 Å². The first kappa shape index (κ1) is 21.8. The molecule has 3 heterocycles. The van der Waals surface area contributed by atoms with Gasteiger partial charge < -0.3 is 13.9 Å². The Labute approximate surface area is 197 Å². The summed E-state index contributed by atoms with van der Waals surface area (Å²) in [6.07, 6.45) is 7.68. The van der Waals surface area contributed by atoms with E-state index in [1.165, 1.54) is 19.2 Å². The summed E-state index contributed by atoms with van der Waals surface area (Å²) in [6, 6.07) is 12.3. The van der Waals surface area contributed by atoms with Crippen molar-refractivity contribution in [3.05, 3.63) is 89.1 Å². The zero-order chi connectivity index (χ0) is 23.8. The van der Waals surface area contributed by atoms with Gasteiger partial charge in [0, 0.05) is 24.0 Å². The summed E-state index contributed by atoms with van der Waals surface area (Å²) < 4.78 is 22.5. The molecule has 0 saturated heterocycles. The number of methoxy groups -OCH3 is 1. The Bertz CT molecular complexity index is 1410. The van der Waals surface area contributed by atoms with Crippen LogP contribution in [-0.2, 0) is 11.3 Å². The van der Waals surface area contributed by atoms with Crippen molar-refractivity contribution in [3.63, 3.8) is 0 Å². The maximum Gasteiger partial charge on any atom is 0.357 e. The molecular formula is C27H25FN4O2. The van der Waals surface area contributed by atoms with E-state index in [9.17, 15) is 9.18 Å². The van der Waals surface area contributed by atoms with E-state index in [0.717, 1.165) is 46.7 Å². The number of carbonyl (C=O) groups excluding carboxylic acids is 1. The second-order valence-corrected chi connectivity index (χ2v) is 8.52. The molecule has 6 nitrogen and oxygen atoms in total. The molecule has 5 rings (SSSR count). The number of imidazole rings is 2. The summed E-state index contributed by atoms with van der Waals surface area (Å²) >= 11 is 0. The van der Waals surface area contributed by atoms with Gasteiger partial charge in [0.05, 0.1) is 19.1 Å². The van der Waals surface area contributed by atoms with Gasteiger partial charge in [-0.25, -0.2) is 19.2 Å². The lowest BCUT2D eigenvalue weighted by Crippen LogP contribution is -2.16. The molecule has 0 atom stereocenters. The standard InChI is InChI=1S/C27H25FN4O2/c1-17-13-19(6-11-23(17)31-15-18(2)29-16-31)14-21-5-4-12-32-25(27(33)34-3)24(30-26(21)32)20-7-9-22(28)10-8-20/h6-11,13-16H,4-5,12H2,1-3H3/b21-14+. The van der Waals surface area contributed by atoms with Gasteiger partial charge in [0.1, 0.15) is 17.3 Å². The Morgan fingerprint density at radius 3 is 2.62 bits per heavy atom. The van der Waals surface area contributed by atoms with Gasteiger partial charge in [0.15, 0.2) is 5.69 Å². The van der Waals surface area contributed by atoms with Gasteiger partial charge in [-0.1, -0.05) is 6.07 Å². The average Bonchev–Trinajstić information content (AvgIpc) is 3.43. The first-order valence-corrected chi connectivity index (χ1v) is 11.2. The number of aryl methyl sites for hydroxylation is 2. The minimum atomic E-state index is -0.449. The molecule has 0 N–H and O–H groups in total. The summed E-state index contributed by atoms with van der Waals surface area (Å²) in [5.41, 5.74) is 6.89. The second kappa shape index (κ2) is 8.74. The fourth-order valence-corrected chi connectivity index (χ4v) is 4.52. The number of benzene rings is 2. The molecule has 0 amide bonds. The fourth-order valence-electron chi connectivity index (χ4n) is 4.52. The van der Waals surface area contributed by atoms with Crippen LogP contribution in [0.2, 0.25) is 0 Å². The number of ether oxygens (including phenoxy) is 1. The molecule has 4 aromatic rings. The Balaban J connectivity index is 1.58. The summed E-state index contributed by atoms with van der Waals surface area (Å²) in [4.78, 5) is 21.9. The van der Waals surface area contributed by atoms with E-state index in [-0.39, 0.29) is 5.82 Å². The van der Waals surface area contributed by atoms with Crippen molar-refractivity contribution in [1.82, 2.24) is 19.1 Å². The summed E-state index contributed by atoms with van der Waals surface area (Å²) in [5, 5.41) is 0. The molecule has 0 bridgehead atoms. The van der Waals surface area contributed by atoms with Crippen molar-refractivity contribution in [1.29, 1.82) is 0 Å². The van der Waals surface area contributed by atoms with Crippen LogP contribution in [0.4, 0.5) is 4.39 Å². The number of aromatic nitrogens is 4. The summed E-state index contributed by atoms with van der Waals surface area (Å²) in [6.45, 7) is 4.72. The molecule has 0 fully saturated rings. The molecule has 1 aliphatic rings. The first-order valence-electron chi connectivity index (χ1n) is 11.2. The molecule has 7 heteroatoms. The van der Waals surface area contributed by atoms with Gasteiger partial charge >= 0.3 is 5.97 Å². The van der Waals surface area contributed by atoms with Crippen molar-refractivity contribution in [2.24, 2.45) is 0 Å². The van der Waals surface area contributed by atoms with Crippen LogP contribution in [0, 0.1) is 19.7 Å². The summed E-state index contributed by atoms with van der Waals surface area (Å²) in [5.74, 6) is -0.0364. The Kier molecular flexibility index (Phi) is 5.61. The number of carbonyl (C=O) groups is 1. The lowest BCUT2D eigenvalue weighted by Gasteiger charge is -2.19. The minimum absolute atomic E-state index is 0.336. The highest BCUT2D eigenvalue weighted by Crippen LogP contribution is 2.34. The molecule has 0 radical (unpaired) electrons. The maximum absolute atomic E-state index is 13.5. The van der Waals surface area contributed by atoms with E-state index in [4.69, 9.17) is 9.72 Å². The van der Waals surface area contributed by atoms with E-state index in [1.54, 1.807) is 12.1 Å². The number of esters is 1. The normalized spacial score (nSPS) is 14.3. The molecule has 2 aromatic heterocycles. The van der Waals surface area contributed by atoms with Crippen LogP contribution in [0.1, 0.15) is 46.0 Å². The van der Waals surface area contributed by atoms with E-state index in [1.807, 2.05) is 28.6 Å². The van der Waals surface area contributed by atoms with E-state index in [0.29, 0.717) is 23.5 Å². The van der Waals surface area contributed by atoms with E-state index < -0.39 is 5.97 Å². The highest BCUT2D eigenvalue weighted by atomic mass is 19.1. The molecule has 34 heavy (non-hydrogen) atoms. The Morgan fingerprint density at radius 2 is 1.94 bits per heavy atom. The van der Waals surface area contributed by atoms with Crippen LogP contribution in [0.25, 0.3) is 28.6 Å². The van der Waals surface area contributed by atoms with Crippen LogP contribution >= 0.6 is 0 Å². The third kappa shape index (κ3) is 3.94. The largest absolute Gasteiger partial charge is 0.464 e. The second-order valence-electron chi connectivity index (χ2n) is 8.52. The van der Waals surface area contributed by atoms with Crippen LogP contribution in [0.15, 0.2) is 55.0 Å². The molecule has 0 aliphatic carbocycles. The van der Waals surface area contributed by atoms with Gasteiger partial charge in [-0.3, -0.25) is 0 Å². The number of hydrogen-bond donors (Lipinski definition) is 0. The molecule has 0 saturated carbocycles. The van der Waals surface area contributed by atoms with Crippen molar-refractivity contribution in [2.75, 3.05) is 7.11 Å². The number of nitrogens with zero attached hydrogens (tertiary/aromatic N) is 4. The van der Waals surface area contributed by atoms with Gasteiger partial charge in [-0.2, -0.15) is 0 Å². The highest BCUT2D eigenvalue weighted by molar-refractivity contribution is 5.96. The zero-order valence-electron chi connectivity index (χ0n) is 19.4. The summed E-state index contributed by atoms with van der Waals surface area (Å²) in [7, 11) is 1.36. The van der Waals surface area contributed by atoms with Crippen molar-refractivity contribution >= 4 is 17.6 Å². The highest BCUT2D eigenvalue weighted by Gasteiger charge is 2.28. The Hall–Kier alpha value is -4.00. The number of rotatable bonds is 4. The molecule has 172 valence electrons. The topological polar surface area (TPSA) is 61.9 Å². The molecule has 2 aromatic carbocycles. The van der Waals surface area contributed by atoms with E-state index in [2.05, 4.69) is 36.2 Å². The average molecular weight is 457 g/mol. The number of halogens is 1. The van der Waals surface area contributed by atoms with Gasteiger partial charge in [0.25, 0.3) is 0 Å². The SMILES string of the molecule is COC(=O)c1c(-c2ccc(F)cc2)nc2n1CCC/C2=C\c1ccc(-n2cnc(C)c2)c(C)c1. The zero-order valence-corrected chi connectivity index (χ0v) is 19.4. The molecule has 1 aliphatic heterocycles. The number of fused-ring (bicyclic) bond motifs is 1. The quantitative estimate of drug-likeness (QED) is 0.374. The fraction of sp³-hybridized carbons (Fsp3) is 0.222. The molecular weight excluding hydrogens is 431 g/mol. The predicted octanol–water partition coefficient (Wildman–Crippen LogP) is 5.61. The van der Waals surface area contributed by atoms with Crippen LogP contribution in [0.5, 0.6) is 0 Å². The van der Waals surface area contributed by atoms with E-state index >= 15 is 0 Å². The smallest absolute Gasteiger partial charge is 0.357 e. The molecule has 0 unspecified atom stereocenters. The van der Waals surface area contributed by atoms with Gasteiger partial charge in [-0.05, 0) is 85.9 Å². The number of allylic oxidation sites excluding steroid dienone is 1. The minimum Gasteiger partial charge on any atom is -0.464 e. The van der Waals surface area contributed by atoms with Crippen molar-refractivity contribution < 1.29 is 13.9 Å². The number of hydrogen-bond acceptors (Lipinski definition) is 4. The van der Waals surface area contributed by atoms with Crippen LogP contribution in [0.3, 0.4) is 0 Å².